The van der Waals surface area contributed by atoms with E-state index in [0.29, 0.717) is 0 Å². The van der Waals surface area contributed by atoms with Gasteiger partial charge in [0, 0.05) is 12.3 Å². The number of nitrogens with zero attached hydrogens (tertiary/aromatic N) is 1. The second-order valence-corrected chi connectivity index (χ2v) is 3.55. The third-order valence-corrected chi connectivity index (χ3v) is 2.64. The largest absolute Gasteiger partial charge is 0.322 e. The molecule has 0 spiro atoms. The molecular weight excluding hydrogens is 146 g/mol. The highest BCUT2D eigenvalue weighted by atomic mass is 32.2. The van der Waals surface area contributed by atoms with Crippen LogP contribution >= 0.6 is 11.9 Å². The number of hydrogen-bond acceptors (Lipinski definition) is 2. The summed E-state index contributed by atoms with van der Waals surface area (Å²) < 4.78 is 1.68. The molecule has 0 aromatic carbocycles. The van der Waals surface area contributed by atoms with E-state index in [9.17, 15) is 4.79 Å². The molecule has 0 saturated carbocycles. The zero-order valence-electron chi connectivity index (χ0n) is 6.01. The van der Waals surface area contributed by atoms with Crippen LogP contribution in [0.4, 0.5) is 0 Å². The summed E-state index contributed by atoms with van der Waals surface area (Å²) in [4.78, 5) is 10.2. The van der Waals surface area contributed by atoms with Crippen molar-refractivity contribution in [3.63, 3.8) is 0 Å². The molecule has 0 atom stereocenters. The van der Waals surface area contributed by atoms with Crippen LogP contribution in [0.15, 0.2) is 0 Å². The van der Waals surface area contributed by atoms with E-state index in [1.54, 1.807) is 16.3 Å². The summed E-state index contributed by atoms with van der Waals surface area (Å²) in [6.07, 6.45) is 6.88. The Labute approximate surface area is 66.1 Å². The maximum Gasteiger partial charge on any atom is 0.322 e. The van der Waals surface area contributed by atoms with E-state index in [4.69, 9.17) is 0 Å². The first kappa shape index (κ1) is 7.92. The van der Waals surface area contributed by atoms with Crippen LogP contribution in [-0.4, -0.2) is 23.0 Å². The highest BCUT2D eigenvalue weighted by Gasteiger charge is 2.05. The third-order valence-electron chi connectivity index (χ3n) is 1.60. The number of amides is 1. The molecule has 0 bridgehead atoms. The third kappa shape index (κ3) is 2.60. The number of hydrogen-bond donors (Lipinski definition) is 0. The number of rotatable bonds is 1. The lowest BCUT2D eigenvalue weighted by Crippen LogP contribution is -2.16. The number of carbonyl (C=O) groups excluding carboxylic acids is 1. The summed E-state index contributed by atoms with van der Waals surface area (Å²) in [5, 5.41) is 0. The molecule has 1 amide bonds. The summed E-state index contributed by atoms with van der Waals surface area (Å²) in [7, 11) is 0. The molecule has 0 aliphatic carbocycles. The zero-order valence-corrected chi connectivity index (χ0v) is 6.82. The predicted molar refractivity (Wildman–Crippen MR) is 43.3 cm³/mol. The summed E-state index contributed by atoms with van der Waals surface area (Å²) in [5.41, 5.74) is 0. The molecule has 1 fully saturated rings. The zero-order chi connectivity index (χ0) is 7.23. The van der Waals surface area contributed by atoms with Crippen molar-refractivity contribution in [3.8, 4) is 0 Å². The first-order valence-corrected chi connectivity index (χ1v) is 4.66. The summed E-state index contributed by atoms with van der Waals surface area (Å²) in [6, 6.07) is 0. The Morgan fingerprint density at radius 2 is 2.00 bits per heavy atom. The van der Waals surface area contributed by atoms with E-state index in [1.807, 2.05) is 6.41 Å². The Morgan fingerprint density at radius 3 is 2.80 bits per heavy atom. The Kier molecular flexibility index (Phi) is 3.65. The molecule has 57 valence electrons. The normalized spacial score (nSPS) is 21.4. The molecule has 1 rings (SSSR count). The Balaban J connectivity index is 2.22. The smallest absolute Gasteiger partial charge is 0.278 e. The minimum Gasteiger partial charge on any atom is -0.278 e. The fraction of sp³-hybridized carbons (Fsp3) is 0.857. The molecule has 1 aliphatic heterocycles. The van der Waals surface area contributed by atoms with E-state index in [-0.39, 0.29) is 0 Å². The quantitative estimate of drug-likeness (QED) is 0.540. The maximum absolute atomic E-state index is 10.2. The summed E-state index contributed by atoms with van der Waals surface area (Å²) in [6.45, 7) is 0.883. The highest BCUT2D eigenvalue weighted by molar-refractivity contribution is 7.97. The van der Waals surface area contributed by atoms with Gasteiger partial charge in [0.2, 0.25) is 0 Å². The molecule has 1 heterocycles. The van der Waals surface area contributed by atoms with Crippen molar-refractivity contribution in [1.82, 2.24) is 4.31 Å². The van der Waals surface area contributed by atoms with Gasteiger partial charge in [0.1, 0.15) is 0 Å². The minimum atomic E-state index is 0.883. The van der Waals surface area contributed by atoms with Crippen molar-refractivity contribution in [2.24, 2.45) is 0 Å². The van der Waals surface area contributed by atoms with E-state index < -0.39 is 0 Å². The first-order chi connectivity index (χ1) is 4.93. The SMILES string of the molecule is O=[C]N1CCCCCCS1. The van der Waals surface area contributed by atoms with Crippen LogP contribution in [0.3, 0.4) is 0 Å². The van der Waals surface area contributed by atoms with Crippen molar-refractivity contribution < 1.29 is 4.79 Å². The van der Waals surface area contributed by atoms with E-state index in [0.717, 1.165) is 18.7 Å². The van der Waals surface area contributed by atoms with Gasteiger partial charge in [0.05, 0.1) is 0 Å². The molecular formula is C7H12NOS. The average molecular weight is 158 g/mol. The van der Waals surface area contributed by atoms with Gasteiger partial charge < -0.3 is 0 Å². The fourth-order valence-corrected chi connectivity index (χ4v) is 1.89. The van der Waals surface area contributed by atoms with E-state index in [2.05, 4.69) is 0 Å². The summed E-state index contributed by atoms with van der Waals surface area (Å²) >= 11 is 1.61. The molecule has 0 unspecified atom stereocenters. The van der Waals surface area contributed by atoms with Gasteiger partial charge in [-0.05, 0) is 24.8 Å². The predicted octanol–water partition coefficient (Wildman–Crippen LogP) is 1.58. The van der Waals surface area contributed by atoms with Crippen LogP contribution < -0.4 is 0 Å². The van der Waals surface area contributed by atoms with Crippen LogP contribution in [0.1, 0.15) is 25.7 Å². The molecule has 1 aliphatic rings. The standard InChI is InChI=1S/C7H12NOS/c9-7-8-5-3-1-2-4-6-10-8/h1-6H2. The topological polar surface area (TPSA) is 20.3 Å². The average Bonchev–Trinajstić information content (AvgIpc) is 1.87. The van der Waals surface area contributed by atoms with Gasteiger partial charge in [-0.15, -0.1) is 0 Å². The van der Waals surface area contributed by atoms with Gasteiger partial charge in [-0.25, -0.2) is 0 Å². The molecule has 10 heavy (non-hydrogen) atoms. The second-order valence-electron chi connectivity index (χ2n) is 2.44. The van der Waals surface area contributed by atoms with E-state index >= 15 is 0 Å². The van der Waals surface area contributed by atoms with Crippen LogP contribution in [0.2, 0.25) is 0 Å². The van der Waals surface area contributed by atoms with Crippen molar-refractivity contribution >= 4 is 18.4 Å². The van der Waals surface area contributed by atoms with Crippen molar-refractivity contribution in [3.05, 3.63) is 0 Å². The van der Waals surface area contributed by atoms with Crippen LogP contribution in [0, 0.1) is 0 Å². The first-order valence-electron chi connectivity index (χ1n) is 3.72. The molecule has 3 heteroatoms. The van der Waals surface area contributed by atoms with Gasteiger partial charge in [0.15, 0.2) is 0 Å². The minimum absolute atomic E-state index is 0.883. The van der Waals surface area contributed by atoms with Crippen molar-refractivity contribution in [2.75, 3.05) is 12.3 Å². The second kappa shape index (κ2) is 4.61. The Morgan fingerprint density at radius 1 is 1.20 bits per heavy atom. The van der Waals surface area contributed by atoms with Crippen LogP contribution in [-0.2, 0) is 4.79 Å². The molecule has 0 N–H and O–H groups in total. The van der Waals surface area contributed by atoms with E-state index in [1.165, 1.54) is 19.3 Å². The fourth-order valence-electron chi connectivity index (χ4n) is 1.02. The monoisotopic (exact) mass is 158 g/mol. The van der Waals surface area contributed by atoms with Gasteiger partial charge in [-0.2, -0.15) is 0 Å². The maximum atomic E-state index is 10.2. The lowest BCUT2D eigenvalue weighted by molar-refractivity contribution is 0.485. The molecule has 1 saturated heterocycles. The molecule has 2 nitrogen and oxygen atoms in total. The molecule has 0 aromatic heterocycles. The highest BCUT2D eigenvalue weighted by Crippen LogP contribution is 2.16. The summed E-state index contributed by atoms with van der Waals surface area (Å²) in [5.74, 6) is 1.08. The Bertz CT molecular complexity index is 99.8. The van der Waals surface area contributed by atoms with Gasteiger partial charge in [-0.1, -0.05) is 12.8 Å². The van der Waals surface area contributed by atoms with Crippen LogP contribution in [0.5, 0.6) is 0 Å². The van der Waals surface area contributed by atoms with Crippen molar-refractivity contribution in [2.45, 2.75) is 25.7 Å². The van der Waals surface area contributed by atoms with Crippen molar-refractivity contribution in [1.29, 1.82) is 0 Å². The molecule has 0 aromatic rings. The lowest BCUT2D eigenvalue weighted by atomic mass is 10.2. The van der Waals surface area contributed by atoms with Crippen LogP contribution in [0.25, 0.3) is 0 Å². The van der Waals surface area contributed by atoms with Gasteiger partial charge in [-0.3, -0.25) is 9.10 Å². The van der Waals surface area contributed by atoms with Gasteiger partial charge in [0.25, 0.3) is 0 Å². The lowest BCUT2D eigenvalue weighted by Gasteiger charge is -2.16. The molecule has 1 radical (unpaired) electrons. The van der Waals surface area contributed by atoms with Gasteiger partial charge >= 0.3 is 6.41 Å². The Hall–Kier alpha value is -0.180.